The topological polar surface area (TPSA) is 3.24 Å². The molecule has 0 aromatic heterocycles. The van der Waals surface area contributed by atoms with Gasteiger partial charge in [-0.25, -0.2) is 0 Å². The Balaban J connectivity index is 2.00. The fraction of sp³-hybridized carbons (Fsp3) is 0.417. The van der Waals surface area contributed by atoms with E-state index in [1.165, 1.54) is 61.0 Å². The van der Waals surface area contributed by atoms with E-state index in [-0.39, 0.29) is 0 Å². The van der Waals surface area contributed by atoms with Gasteiger partial charge in [-0.05, 0) is 55.1 Å². The second-order valence-corrected chi connectivity index (χ2v) is 6.84. The van der Waals surface area contributed by atoms with Gasteiger partial charge in [-0.2, -0.15) is 0 Å². The molecule has 0 unspecified atom stereocenters. The average molecular weight is 336 g/mol. The number of hydrogen-bond donors (Lipinski definition) is 0. The lowest BCUT2D eigenvalue weighted by Crippen LogP contribution is -2.26. The number of unbranched alkanes of at least 4 members (excludes halogenated alkanes) is 2. The molecule has 0 saturated heterocycles. The molecule has 0 aliphatic heterocycles. The van der Waals surface area contributed by atoms with Crippen molar-refractivity contribution in [3.63, 3.8) is 0 Å². The second-order valence-electron chi connectivity index (χ2n) is 6.84. The number of nitrogens with zero attached hydrogens (tertiary/aromatic N) is 1. The molecular formula is C24H33N. The van der Waals surface area contributed by atoms with Crippen LogP contribution in [0.2, 0.25) is 0 Å². The molecule has 0 aliphatic rings. The van der Waals surface area contributed by atoms with E-state index < -0.39 is 0 Å². The molecule has 134 valence electrons. The first-order valence-electron chi connectivity index (χ1n) is 9.79. The zero-order chi connectivity index (χ0) is 17.9. The molecule has 0 heterocycles. The summed E-state index contributed by atoms with van der Waals surface area (Å²) in [6, 6.07) is 19.5. The molecule has 2 aromatic carbocycles. The lowest BCUT2D eigenvalue weighted by atomic mass is 10.0. The van der Waals surface area contributed by atoms with Crippen LogP contribution in [0.15, 0.2) is 60.7 Å². The van der Waals surface area contributed by atoms with Crippen molar-refractivity contribution in [1.82, 2.24) is 4.90 Å². The van der Waals surface area contributed by atoms with Gasteiger partial charge < -0.3 is 0 Å². The standard InChI is InChI=1S/C24H33N/c1-4-6-18-25(19-7-5-2)20-17-21(3)22-13-15-24(16-14-22)23-11-9-8-10-12-23/h8-17H,4-7,18-20H2,1-3H3. The van der Waals surface area contributed by atoms with Crippen molar-refractivity contribution in [3.8, 4) is 11.1 Å². The van der Waals surface area contributed by atoms with Gasteiger partial charge >= 0.3 is 0 Å². The Bertz CT molecular complexity index is 617. The molecule has 0 amide bonds. The zero-order valence-electron chi connectivity index (χ0n) is 16.2. The highest BCUT2D eigenvalue weighted by atomic mass is 15.1. The van der Waals surface area contributed by atoms with Crippen LogP contribution in [0.3, 0.4) is 0 Å². The highest BCUT2D eigenvalue weighted by Gasteiger charge is 2.03. The molecule has 2 aromatic rings. The maximum absolute atomic E-state index is 2.59. The molecule has 0 N–H and O–H groups in total. The highest BCUT2D eigenvalue weighted by molar-refractivity contribution is 5.69. The van der Waals surface area contributed by atoms with E-state index in [9.17, 15) is 0 Å². The van der Waals surface area contributed by atoms with Crippen molar-refractivity contribution in [2.45, 2.75) is 46.5 Å². The molecule has 0 spiro atoms. The van der Waals surface area contributed by atoms with Crippen LogP contribution in [-0.2, 0) is 0 Å². The number of allylic oxidation sites excluding steroid dienone is 1. The predicted molar refractivity (Wildman–Crippen MR) is 112 cm³/mol. The summed E-state index contributed by atoms with van der Waals surface area (Å²) < 4.78 is 0. The van der Waals surface area contributed by atoms with Crippen LogP contribution < -0.4 is 0 Å². The van der Waals surface area contributed by atoms with Crippen LogP contribution in [0.1, 0.15) is 52.0 Å². The first-order chi connectivity index (χ1) is 12.2. The fourth-order valence-corrected chi connectivity index (χ4v) is 3.00. The average Bonchev–Trinajstić information content (AvgIpc) is 2.68. The van der Waals surface area contributed by atoms with E-state index in [0.717, 1.165) is 6.54 Å². The van der Waals surface area contributed by atoms with Gasteiger partial charge in [-0.1, -0.05) is 87.4 Å². The van der Waals surface area contributed by atoms with Crippen LogP contribution in [0.4, 0.5) is 0 Å². The molecule has 0 fully saturated rings. The Morgan fingerprint density at radius 1 is 0.800 bits per heavy atom. The van der Waals surface area contributed by atoms with Crippen molar-refractivity contribution in [1.29, 1.82) is 0 Å². The minimum atomic E-state index is 1.06. The second kappa shape index (κ2) is 10.9. The summed E-state index contributed by atoms with van der Waals surface area (Å²) >= 11 is 0. The Kier molecular flexibility index (Phi) is 8.48. The van der Waals surface area contributed by atoms with E-state index in [4.69, 9.17) is 0 Å². The van der Waals surface area contributed by atoms with Crippen molar-refractivity contribution < 1.29 is 0 Å². The first kappa shape index (κ1) is 19.5. The van der Waals surface area contributed by atoms with Crippen LogP contribution >= 0.6 is 0 Å². The van der Waals surface area contributed by atoms with Gasteiger partial charge in [0.05, 0.1) is 0 Å². The van der Waals surface area contributed by atoms with Crippen LogP contribution in [-0.4, -0.2) is 24.5 Å². The normalized spacial score (nSPS) is 11.9. The van der Waals surface area contributed by atoms with Crippen LogP contribution in [0, 0.1) is 0 Å². The van der Waals surface area contributed by atoms with Gasteiger partial charge in [0.1, 0.15) is 0 Å². The molecule has 0 saturated carbocycles. The molecule has 1 nitrogen and oxygen atoms in total. The van der Waals surface area contributed by atoms with E-state index in [0.29, 0.717) is 0 Å². The Morgan fingerprint density at radius 3 is 1.92 bits per heavy atom. The van der Waals surface area contributed by atoms with Crippen LogP contribution in [0.25, 0.3) is 16.7 Å². The molecule has 2 rings (SSSR count). The molecule has 0 atom stereocenters. The molecule has 25 heavy (non-hydrogen) atoms. The van der Waals surface area contributed by atoms with Crippen molar-refractivity contribution in [2.75, 3.05) is 19.6 Å². The molecule has 0 aliphatic carbocycles. The van der Waals surface area contributed by atoms with Crippen molar-refractivity contribution in [2.24, 2.45) is 0 Å². The summed E-state index contributed by atoms with van der Waals surface area (Å²) in [5.41, 5.74) is 5.26. The smallest absolute Gasteiger partial charge is 0.0169 e. The lowest BCUT2D eigenvalue weighted by molar-refractivity contribution is 0.292. The Hall–Kier alpha value is -1.86. The maximum Gasteiger partial charge on any atom is 0.0169 e. The van der Waals surface area contributed by atoms with Crippen LogP contribution in [0.5, 0.6) is 0 Å². The number of hydrogen-bond acceptors (Lipinski definition) is 1. The Morgan fingerprint density at radius 2 is 1.36 bits per heavy atom. The third-order valence-corrected chi connectivity index (χ3v) is 4.76. The SMILES string of the molecule is CCCCN(CC=C(C)c1ccc(-c2ccccc2)cc1)CCCC. The summed E-state index contributed by atoms with van der Waals surface area (Å²) in [6.07, 6.45) is 7.52. The summed E-state index contributed by atoms with van der Waals surface area (Å²) in [5.74, 6) is 0. The van der Waals surface area contributed by atoms with E-state index in [1.807, 2.05) is 0 Å². The molecule has 0 radical (unpaired) electrons. The lowest BCUT2D eigenvalue weighted by Gasteiger charge is -2.20. The number of benzene rings is 2. The van der Waals surface area contributed by atoms with Gasteiger partial charge in [-0.15, -0.1) is 0 Å². The summed E-state index contributed by atoms with van der Waals surface area (Å²) in [6.45, 7) is 10.3. The largest absolute Gasteiger partial charge is 0.300 e. The zero-order valence-corrected chi connectivity index (χ0v) is 16.2. The molecule has 0 bridgehead atoms. The Labute approximate surface area is 154 Å². The molecular weight excluding hydrogens is 302 g/mol. The van der Waals surface area contributed by atoms with E-state index in [1.54, 1.807) is 0 Å². The molecule has 1 heteroatoms. The van der Waals surface area contributed by atoms with Gasteiger partial charge in [0.15, 0.2) is 0 Å². The quantitative estimate of drug-likeness (QED) is 0.469. The minimum absolute atomic E-state index is 1.06. The maximum atomic E-state index is 2.59. The summed E-state index contributed by atoms with van der Waals surface area (Å²) in [7, 11) is 0. The third-order valence-electron chi connectivity index (χ3n) is 4.76. The highest BCUT2D eigenvalue weighted by Crippen LogP contribution is 2.22. The van der Waals surface area contributed by atoms with Gasteiger partial charge in [0.2, 0.25) is 0 Å². The third kappa shape index (κ3) is 6.51. The minimum Gasteiger partial charge on any atom is -0.300 e. The number of rotatable bonds is 10. The summed E-state index contributed by atoms with van der Waals surface area (Å²) in [4.78, 5) is 2.59. The van der Waals surface area contributed by atoms with Crippen molar-refractivity contribution >= 4 is 5.57 Å². The van der Waals surface area contributed by atoms with Crippen molar-refractivity contribution in [3.05, 3.63) is 66.2 Å². The first-order valence-corrected chi connectivity index (χ1v) is 9.79. The van der Waals surface area contributed by atoms with E-state index >= 15 is 0 Å². The van der Waals surface area contributed by atoms with Gasteiger partial charge in [0.25, 0.3) is 0 Å². The monoisotopic (exact) mass is 335 g/mol. The van der Waals surface area contributed by atoms with Gasteiger partial charge in [-0.3, -0.25) is 4.90 Å². The van der Waals surface area contributed by atoms with Gasteiger partial charge in [0, 0.05) is 6.54 Å². The predicted octanol–water partition coefficient (Wildman–Crippen LogP) is 6.66. The fourth-order valence-electron chi connectivity index (χ4n) is 3.00. The van der Waals surface area contributed by atoms with E-state index in [2.05, 4.69) is 86.3 Å². The summed E-state index contributed by atoms with van der Waals surface area (Å²) in [5, 5.41) is 0.